The van der Waals surface area contributed by atoms with Gasteiger partial charge in [0.05, 0.1) is 5.69 Å². The maximum Gasteiger partial charge on any atom is 0.227 e. The molecule has 7 heteroatoms. The van der Waals surface area contributed by atoms with Crippen LogP contribution in [0.3, 0.4) is 0 Å². The van der Waals surface area contributed by atoms with Crippen molar-refractivity contribution in [3.05, 3.63) is 71.5 Å². The third-order valence-electron chi connectivity index (χ3n) is 4.98. The predicted molar refractivity (Wildman–Crippen MR) is 108 cm³/mol. The van der Waals surface area contributed by atoms with E-state index in [0.717, 1.165) is 46.2 Å². The average molecular weight is 392 g/mol. The van der Waals surface area contributed by atoms with Gasteiger partial charge in [-0.3, -0.25) is 4.78 Å². The van der Waals surface area contributed by atoms with Gasteiger partial charge in [-0.15, -0.1) is 0 Å². The number of nitrogens with one attached hydrogen (secondary N) is 2. The number of aryl methyl sites for hydroxylation is 1. The largest absolute Gasteiger partial charge is 0.467 e. The van der Waals surface area contributed by atoms with Crippen molar-refractivity contribution in [1.29, 1.82) is 4.78 Å². The van der Waals surface area contributed by atoms with E-state index in [1.54, 1.807) is 6.20 Å². The second kappa shape index (κ2) is 7.33. The van der Waals surface area contributed by atoms with Crippen LogP contribution in [-0.4, -0.2) is 22.5 Å². The van der Waals surface area contributed by atoms with Crippen LogP contribution < -0.4 is 10.1 Å². The van der Waals surface area contributed by atoms with Crippen molar-refractivity contribution in [2.24, 2.45) is 0 Å². The van der Waals surface area contributed by atoms with Crippen molar-refractivity contribution in [3.63, 3.8) is 0 Å². The molecule has 142 valence electrons. The van der Waals surface area contributed by atoms with Crippen molar-refractivity contribution in [3.8, 4) is 5.75 Å². The number of hydrogen-bond acceptors (Lipinski definition) is 6. The second-order valence-electron chi connectivity index (χ2n) is 6.80. The Morgan fingerprint density at radius 3 is 3.04 bits per heavy atom. The molecule has 6 nitrogen and oxygen atoms in total. The molecule has 1 aromatic heterocycles. The summed E-state index contributed by atoms with van der Waals surface area (Å²) in [5.41, 5.74) is 3.95. The minimum absolute atomic E-state index is 0.199. The van der Waals surface area contributed by atoms with Gasteiger partial charge in [-0.1, -0.05) is 35.0 Å². The first-order valence-electron chi connectivity index (χ1n) is 9.26. The molecule has 0 saturated heterocycles. The molecule has 0 radical (unpaired) electrons. The Balaban J connectivity index is 1.43. The van der Waals surface area contributed by atoms with Crippen LogP contribution in [0.2, 0.25) is 0 Å². The monoisotopic (exact) mass is 392 g/mol. The molecule has 2 atom stereocenters. The topological polar surface area (TPSA) is 80.1 Å². The molecule has 3 heterocycles. The van der Waals surface area contributed by atoms with Crippen LogP contribution in [0.4, 0.5) is 11.6 Å². The Morgan fingerprint density at radius 2 is 2.07 bits per heavy atom. The number of para-hydroxylation sites is 1. The van der Waals surface area contributed by atoms with Crippen LogP contribution >= 0.6 is 0 Å². The quantitative estimate of drug-likeness (QED) is 0.692. The van der Waals surface area contributed by atoms with E-state index in [-0.39, 0.29) is 12.9 Å². The van der Waals surface area contributed by atoms with E-state index in [0.29, 0.717) is 5.95 Å². The fourth-order valence-corrected chi connectivity index (χ4v) is 5.03. The maximum absolute atomic E-state index is 8.31. The number of rotatable bonds is 3. The first-order chi connectivity index (χ1) is 13.8. The van der Waals surface area contributed by atoms with Crippen LogP contribution in [0.1, 0.15) is 29.3 Å². The van der Waals surface area contributed by atoms with Gasteiger partial charge in [0.15, 0.2) is 6.79 Å². The maximum atomic E-state index is 8.31. The number of nitrogens with zero attached hydrogens (tertiary/aromatic N) is 2. The average Bonchev–Trinajstić information content (AvgIpc) is 2.74. The summed E-state index contributed by atoms with van der Waals surface area (Å²) in [5, 5.41) is 3.29. The standard InChI is InChI=1S/C21H20N4O2S/c22-28-11-3-4-14-7-8-15(12-19(14)28)24-21-23-10-9-17(25-21)20-16-5-1-2-6-18(16)26-13-27-20/h1-2,5-10,12,20,22H,3-4,11,13H2,(H,23,24,25). The van der Waals surface area contributed by atoms with Crippen LogP contribution in [0.5, 0.6) is 5.75 Å². The van der Waals surface area contributed by atoms with E-state index in [2.05, 4.69) is 27.4 Å². The van der Waals surface area contributed by atoms with Gasteiger partial charge in [0.25, 0.3) is 0 Å². The number of aromatic nitrogens is 2. The van der Waals surface area contributed by atoms with Crippen molar-refractivity contribution in [2.45, 2.75) is 23.8 Å². The zero-order valence-corrected chi connectivity index (χ0v) is 16.0. The Bertz CT molecular complexity index is 1060. The van der Waals surface area contributed by atoms with Crippen molar-refractivity contribution in [2.75, 3.05) is 17.9 Å². The van der Waals surface area contributed by atoms with Gasteiger partial charge in [0.1, 0.15) is 11.9 Å². The first-order valence-corrected chi connectivity index (χ1v) is 10.7. The summed E-state index contributed by atoms with van der Waals surface area (Å²) in [6.45, 7) is 0.199. The van der Waals surface area contributed by atoms with E-state index in [9.17, 15) is 0 Å². The highest BCUT2D eigenvalue weighted by Crippen LogP contribution is 2.35. The molecule has 0 bridgehead atoms. The number of ether oxygens (including phenoxy) is 2. The minimum atomic E-state index is -0.431. The molecular formula is C21H20N4O2S. The highest BCUT2D eigenvalue weighted by atomic mass is 32.2. The fraction of sp³-hybridized carbons (Fsp3) is 0.238. The summed E-state index contributed by atoms with van der Waals surface area (Å²) >= 11 is 0. The molecule has 0 amide bonds. The van der Waals surface area contributed by atoms with Gasteiger partial charge in [0.2, 0.25) is 5.95 Å². The van der Waals surface area contributed by atoms with Crippen LogP contribution in [0.25, 0.3) is 0 Å². The van der Waals surface area contributed by atoms with Crippen LogP contribution in [-0.2, 0) is 21.8 Å². The van der Waals surface area contributed by atoms with E-state index >= 15 is 0 Å². The lowest BCUT2D eigenvalue weighted by Gasteiger charge is -2.25. The zero-order valence-electron chi connectivity index (χ0n) is 15.2. The van der Waals surface area contributed by atoms with Gasteiger partial charge in [-0.05, 0) is 42.7 Å². The van der Waals surface area contributed by atoms with Crippen LogP contribution in [0, 0.1) is 4.78 Å². The molecular weight excluding hydrogens is 372 g/mol. The number of hydrogen-bond donors (Lipinski definition) is 2. The molecule has 3 aromatic rings. The molecule has 2 N–H and O–H groups in total. The molecule has 2 unspecified atom stereocenters. The smallest absolute Gasteiger partial charge is 0.227 e. The highest BCUT2D eigenvalue weighted by Gasteiger charge is 2.25. The molecule has 28 heavy (non-hydrogen) atoms. The van der Waals surface area contributed by atoms with Crippen LogP contribution in [0.15, 0.2) is 59.6 Å². The number of fused-ring (bicyclic) bond motifs is 2. The zero-order chi connectivity index (χ0) is 18.9. The van der Waals surface area contributed by atoms with Gasteiger partial charge in [0, 0.05) is 28.1 Å². The summed E-state index contributed by atoms with van der Waals surface area (Å²) in [6, 6.07) is 15.9. The molecule has 0 fully saturated rings. The lowest BCUT2D eigenvalue weighted by molar-refractivity contribution is -0.0434. The van der Waals surface area contributed by atoms with Gasteiger partial charge >= 0.3 is 0 Å². The van der Waals surface area contributed by atoms with E-state index < -0.39 is 10.7 Å². The van der Waals surface area contributed by atoms with Gasteiger partial charge < -0.3 is 14.8 Å². The Kier molecular flexibility index (Phi) is 4.54. The molecule has 0 aliphatic carbocycles. The van der Waals surface area contributed by atoms with Crippen molar-refractivity contribution < 1.29 is 9.47 Å². The molecule has 0 saturated carbocycles. The Hall–Kier alpha value is -2.77. The fourth-order valence-electron chi connectivity index (χ4n) is 3.62. The highest BCUT2D eigenvalue weighted by molar-refractivity contribution is 7.86. The third-order valence-corrected chi connectivity index (χ3v) is 6.59. The second-order valence-corrected chi connectivity index (χ2v) is 8.43. The summed E-state index contributed by atoms with van der Waals surface area (Å²) in [7, 11) is -0.431. The first kappa shape index (κ1) is 17.3. The molecule has 5 rings (SSSR count). The van der Waals surface area contributed by atoms with E-state index in [1.807, 2.05) is 36.4 Å². The predicted octanol–water partition coefficient (Wildman–Crippen LogP) is 4.36. The lowest BCUT2D eigenvalue weighted by atomic mass is 10.0. The summed E-state index contributed by atoms with van der Waals surface area (Å²) in [4.78, 5) is 10.2. The van der Waals surface area contributed by atoms with Crippen molar-refractivity contribution >= 4 is 22.3 Å². The normalized spacial score (nSPS) is 20.6. The Morgan fingerprint density at radius 1 is 1.14 bits per heavy atom. The molecule has 2 aliphatic rings. The molecule has 2 aliphatic heterocycles. The molecule has 0 spiro atoms. The summed E-state index contributed by atoms with van der Waals surface area (Å²) in [5.74, 6) is 2.29. The number of benzene rings is 2. The Labute approximate surface area is 165 Å². The summed E-state index contributed by atoms with van der Waals surface area (Å²) < 4.78 is 19.7. The van der Waals surface area contributed by atoms with E-state index in [4.69, 9.17) is 14.3 Å². The van der Waals surface area contributed by atoms with E-state index in [1.165, 1.54) is 5.56 Å². The van der Waals surface area contributed by atoms with Crippen molar-refractivity contribution in [1.82, 2.24) is 9.97 Å². The minimum Gasteiger partial charge on any atom is -0.467 e. The van der Waals surface area contributed by atoms with Gasteiger partial charge in [-0.2, -0.15) is 0 Å². The summed E-state index contributed by atoms with van der Waals surface area (Å²) in [6.07, 6.45) is 3.62. The SMILES string of the molecule is N=S1CCCc2ccc(Nc3nccc(C4OCOc5ccccc54)n3)cc21. The number of anilines is 2. The third kappa shape index (κ3) is 3.27. The lowest BCUT2D eigenvalue weighted by Crippen LogP contribution is -2.19. The van der Waals surface area contributed by atoms with Gasteiger partial charge in [-0.25, -0.2) is 9.97 Å². The molecule has 2 aromatic carbocycles.